The molecule has 20 heavy (non-hydrogen) atoms. The van der Waals surface area contributed by atoms with Crippen molar-refractivity contribution < 1.29 is 10.2 Å². The Labute approximate surface area is 119 Å². The molecule has 0 aliphatic rings. The lowest BCUT2D eigenvalue weighted by atomic mass is 9.99. The van der Waals surface area contributed by atoms with Gasteiger partial charge in [-0.05, 0) is 48.7 Å². The molecule has 0 amide bonds. The molecule has 2 aromatic rings. The molecule has 0 radical (unpaired) electrons. The summed E-state index contributed by atoms with van der Waals surface area (Å²) in [6.07, 6.45) is 7.74. The third-order valence-corrected chi connectivity index (χ3v) is 3.03. The number of phenolic OH excluding ortho intramolecular Hbond substituents is 2. The maximum atomic E-state index is 10.1. The second-order valence-electron chi connectivity index (χ2n) is 4.56. The van der Waals surface area contributed by atoms with Gasteiger partial charge in [0, 0.05) is 5.56 Å². The quantitative estimate of drug-likeness (QED) is 0.781. The lowest BCUT2D eigenvalue weighted by molar-refractivity contribution is 0.405. The van der Waals surface area contributed by atoms with Gasteiger partial charge in [-0.3, -0.25) is 0 Å². The van der Waals surface area contributed by atoms with Crippen LogP contribution in [-0.4, -0.2) is 10.2 Å². The topological polar surface area (TPSA) is 40.5 Å². The van der Waals surface area contributed by atoms with Crippen LogP contribution < -0.4 is 0 Å². The number of hydrogen-bond acceptors (Lipinski definition) is 2. The largest absolute Gasteiger partial charge is 0.504 e. The molecule has 2 nitrogen and oxygen atoms in total. The van der Waals surface area contributed by atoms with Crippen molar-refractivity contribution in [1.82, 2.24) is 0 Å². The van der Waals surface area contributed by atoms with Gasteiger partial charge in [0.25, 0.3) is 0 Å². The second kappa shape index (κ2) is 6.11. The highest BCUT2D eigenvalue weighted by Crippen LogP contribution is 2.38. The molecule has 2 rings (SSSR count). The van der Waals surface area contributed by atoms with E-state index in [1.165, 1.54) is 0 Å². The van der Waals surface area contributed by atoms with Crippen molar-refractivity contribution in [2.75, 3.05) is 0 Å². The molecule has 2 aromatic carbocycles. The van der Waals surface area contributed by atoms with Crippen LogP contribution in [0.1, 0.15) is 25.0 Å². The molecule has 0 spiro atoms. The molecular weight excluding hydrogens is 248 g/mol. The van der Waals surface area contributed by atoms with Crippen LogP contribution in [-0.2, 0) is 0 Å². The summed E-state index contributed by atoms with van der Waals surface area (Å²) in [7, 11) is 0. The minimum atomic E-state index is -0.105. The van der Waals surface area contributed by atoms with Crippen molar-refractivity contribution >= 4 is 12.2 Å². The first-order chi connectivity index (χ1) is 9.65. The van der Waals surface area contributed by atoms with Crippen LogP contribution >= 0.6 is 0 Å². The first-order valence-electron chi connectivity index (χ1n) is 6.57. The molecule has 2 N–H and O–H groups in total. The Bertz CT molecular complexity index is 667. The molecule has 2 heteroatoms. The molecule has 0 aliphatic heterocycles. The predicted octanol–water partition coefficient (Wildman–Crippen LogP) is 4.83. The summed E-state index contributed by atoms with van der Waals surface area (Å²) in [6.45, 7) is 3.87. The third-order valence-electron chi connectivity index (χ3n) is 3.03. The zero-order chi connectivity index (χ0) is 14.5. The Morgan fingerprint density at radius 2 is 1.55 bits per heavy atom. The normalized spacial score (nSPS) is 11.5. The molecule has 0 aliphatic carbocycles. The van der Waals surface area contributed by atoms with Crippen LogP contribution in [0.2, 0.25) is 0 Å². The van der Waals surface area contributed by atoms with E-state index in [1.807, 2.05) is 68.5 Å². The molecule has 0 bridgehead atoms. The van der Waals surface area contributed by atoms with Crippen LogP contribution in [0, 0.1) is 0 Å². The zero-order valence-electron chi connectivity index (χ0n) is 11.7. The molecule has 0 fully saturated rings. The van der Waals surface area contributed by atoms with Crippen LogP contribution in [0.5, 0.6) is 11.5 Å². The number of rotatable bonds is 3. The van der Waals surface area contributed by atoms with Gasteiger partial charge < -0.3 is 10.2 Å². The van der Waals surface area contributed by atoms with Gasteiger partial charge in [0.05, 0.1) is 0 Å². The first kappa shape index (κ1) is 13.9. The number of aromatic hydroxyl groups is 2. The molecule has 102 valence electrons. The predicted molar refractivity (Wildman–Crippen MR) is 84.6 cm³/mol. The molecule has 0 saturated carbocycles. The van der Waals surface area contributed by atoms with Gasteiger partial charge in [-0.1, -0.05) is 42.5 Å². The van der Waals surface area contributed by atoms with E-state index in [9.17, 15) is 10.2 Å². The molecular formula is C18H18O2. The van der Waals surface area contributed by atoms with E-state index in [0.717, 1.165) is 16.7 Å². The Kier molecular flexibility index (Phi) is 4.26. The molecule has 0 unspecified atom stereocenters. The van der Waals surface area contributed by atoms with Gasteiger partial charge in [-0.25, -0.2) is 0 Å². The van der Waals surface area contributed by atoms with Gasteiger partial charge in [-0.15, -0.1) is 0 Å². The molecule has 0 heterocycles. The fraction of sp³-hybridized carbons (Fsp3) is 0.111. The summed E-state index contributed by atoms with van der Waals surface area (Å²) in [5.74, 6) is -0.192. The average molecular weight is 266 g/mol. The summed E-state index contributed by atoms with van der Waals surface area (Å²) in [6, 6.07) is 11.2. The van der Waals surface area contributed by atoms with E-state index >= 15 is 0 Å². The van der Waals surface area contributed by atoms with Gasteiger partial charge in [0.2, 0.25) is 0 Å². The Hall–Kier alpha value is -2.48. The highest BCUT2D eigenvalue weighted by atomic mass is 16.3. The van der Waals surface area contributed by atoms with Crippen LogP contribution in [0.25, 0.3) is 23.3 Å². The second-order valence-corrected chi connectivity index (χ2v) is 4.56. The van der Waals surface area contributed by atoms with E-state index in [0.29, 0.717) is 5.56 Å². The maximum Gasteiger partial charge on any atom is 0.165 e. The smallest absolute Gasteiger partial charge is 0.165 e. The molecule has 0 saturated heterocycles. The Morgan fingerprint density at radius 3 is 2.25 bits per heavy atom. The van der Waals surface area contributed by atoms with E-state index in [1.54, 1.807) is 6.07 Å². The number of benzene rings is 2. The fourth-order valence-corrected chi connectivity index (χ4v) is 2.15. The lowest BCUT2D eigenvalue weighted by Crippen LogP contribution is -1.84. The highest BCUT2D eigenvalue weighted by molar-refractivity contribution is 5.78. The van der Waals surface area contributed by atoms with Crippen molar-refractivity contribution in [3.8, 4) is 22.6 Å². The van der Waals surface area contributed by atoms with Gasteiger partial charge in [-0.2, -0.15) is 0 Å². The van der Waals surface area contributed by atoms with Crippen molar-refractivity contribution in [1.29, 1.82) is 0 Å². The zero-order valence-corrected chi connectivity index (χ0v) is 11.7. The van der Waals surface area contributed by atoms with Crippen LogP contribution in [0.3, 0.4) is 0 Å². The van der Waals surface area contributed by atoms with E-state index in [4.69, 9.17) is 0 Å². The minimum Gasteiger partial charge on any atom is -0.504 e. The van der Waals surface area contributed by atoms with Gasteiger partial charge >= 0.3 is 0 Å². The van der Waals surface area contributed by atoms with E-state index in [-0.39, 0.29) is 11.5 Å². The number of phenols is 2. The van der Waals surface area contributed by atoms with Crippen LogP contribution in [0.15, 0.2) is 48.6 Å². The molecule has 0 aromatic heterocycles. The highest BCUT2D eigenvalue weighted by Gasteiger charge is 2.10. The Morgan fingerprint density at radius 1 is 0.850 bits per heavy atom. The number of allylic oxidation sites excluding steroid dienone is 2. The number of hydrogen-bond donors (Lipinski definition) is 2. The average Bonchev–Trinajstić information content (AvgIpc) is 2.43. The van der Waals surface area contributed by atoms with Gasteiger partial charge in [0.1, 0.15) is 0 Å². The fourth-order valence-electron chi connectivity index (χ4n) is 2.15. The van der Waals surface area contributed by atoms with E-state index in [2.05, 4.69) is 0 Å². The Balaban J connectivity index is 2.59. The standard InChI is InChI=1S/C18H18O2/c1-3-6-13-8-5-9-15(10-13)16-11-14(7-4-2)12-17(19)18(16)20/h3-12,19-20H,1-2H3. The van der Waals surface area contributed by atoms with Crippen LogP contribution in [0.4, 0.5) is 0 Å². The summed E-state index contributed by atoms with van der Waals surface area (Å²) in [5, 5.41) is 19.9. The third kappa shape index (κ3) is 2.91. The van der Waals surface area contributed by atoms with Gasteiger partial charge in [0.15, 0.2) is 11.5 Å². The maximum absolute atomic E-state index is 10.1. The minimum absolute atomic E-state index is 0.0871. The first-order valence-corrected chi connectivity index (χ1v) is 6.57. The SMILES string of the molecule is CC=Cc1cccc(-c2cc(C=CC)cc(O)c2O)c1. The van der Waals surface area contributed by atoms with E-state index < -0.39 is 0 Å². The van der Waals surface area contributed by atoms with Crippen molar-refractivity contribution in [2.45, 2.75) is 13.8 Å². The lowest BCUT2D eigenvalue weighted by Gasteiger charge is -2.09. The van der Waals surface area contributed by atoms with Crippen molar-refractivity contribution in [3.05, 3.63) is 59.7 Å². The summed E-state index contributed by atoms with van der Waals surface area (Å²) in [5.41, 5.74) is 3.42. The summed E-state index contributed by atoms with van der Waals surface area (Å²) < 4.78 is 0. The molecule has 0 atom stereocenters. The van der Waals surface area contributed by atoms with Crippen molar-refractivity contribution in [2.24, 2.45) is 0 Å². The van der Waals surface area contributed by atoms with Crippen molar-refractivity contribution in [3.63, 3.8) is 0 Å². The monoisotopic (exact) mass is 266 g/mol. The summed E-state index contributed by atoms with van der Waals surface area (Å²) in [4.78, 5) is 0. The summed E-state index contributed by atoms with van der Waals surface area (Å²) >= 11 is 0.